The van der Waals surface area contributed by atoms with Crippen LogP contribution < -0.4 is 4.74 Å². The third-order valence-electron chi connectivity index (χ3n) is 5.67. The first-order valence-corrected chi connectivity index (χ1v) is 11.9. The van der Waals surface area contributed by atoms with Crippen molar-refractivity contribution in [1.82, 2.24) is 0 Å². The number of carbonyl (C=O) groups is 1. The molecule has 2 aromatic rings. The van der Waals surface area contributed by atoms with Gasteiger partial charge >= 0.3 is 12.1 Å². The van der Waals surface area contributed by atoms with Gasteiger partial charge in [-0.1, -0.05) is 31.5 Å². The number of alkyl halides is 2. The Morgan fingerprint density at radius 2 is 1.83 bits per heavy atom. The molecule has 0 saturated heterocycles. The number of carbonyl (C=O) groups excluding carboxylic acids is 1. The lowest BCUT2D eigenvalue weighted by Gasteiger charge is -2.35. The van der Waals surface area contributed by atoms with Gasteiger partial charge in [-0.15, -0.1) is 0 Å². The fourth-order valence-electron chi connectivity index (χ4n) is 3.67. The number of unbranched alkanes of at least 4 members (excludes halogenated alkanes) is 1. The second-order valence-corrected chi connectivity index (χ2v) is 8.27. The Labute approximate surface area is 208 Å². The van der Waals surface area contributed by atoms with Gasteiger partial charge in [-0.05, 0) is 60.4 Å². The summed E-state index contributed by atoms with van der Waals surface area (Å²) in [6, 6.07) is 11.5. The Morgan fingerprint density at radius 1 is 1.08 bits per heavy atom. The van der Waals surface area contributed by atoms with Crippen molar-refractivity contribution in [3.05, 3.63) is 76.8 Å². The van der Waals surface area contributed by atoms with Crippen LogP contribution in [0.4, 0.5) is 18.0 Å². The maximum Gasteiger partial charge on any atom is 0.508 e. The zero-order valence-corrected chi connectivity index (χ0v) is 20.6. The topological polar surface area (TPSA) is 63.2 Å². The van der Waals surface area contributed by atoms with E-state index in [0.29, 0.717) is 23.3 Å². The minimum Gasteiger partial charge on any atom is -0.497 e. The van der Waals surface area contributed by atoms with Crippen LogP contribution in [0.3, 0.4) is 0 Å². The van der Waals surface area contributed by atoms with E-state index in [2.05, 4.69) is 4.74 Å². The first kappa shape index (κ1) is 27.4. The molecule has 2 aromatic carbocycles. The van der Waals surface area contributed by atoms with Gasteiger partial charge in [-0.2, -0.15) is 8.78 Å². The van der Waals surface area contributed by atoms with Crippen molar-refractivity contribution in [2.45, 2.75) is 51.2 Å². The van der Waals surface area contributed by atoms with Crippen molar-refractivity contribution in [3.63, 3.8) is 0 Å². The molecule has 1 aliphatic rings. The zero-order chi connectivity index (χ0) is 26.1. The van der Waals surface area contributed by atoms with Crippen LogP contribution >= 0.6 is 0 Å². The minimum absolute atomic E-state index is 0.0429. The summed E-state index contributed by atoms with van der Waals surface area (Å²) in [7, 11) is 1.56. The monoisotopic (exact) mass is 508 g/mol. The molecular weight excluding hydrogens is 477 g/mol. The number of rotatable bonds is 11. The number of halogens is 3. The molecule has 0 fully saturated rings. The molecule has 2 unspecified atom stereocenters. The van der Waals surface area contributed by atoms with E-state index in [0.717, 1.165) is 12.0 Å². The van der Waals surface area contributed by atoms with Gasteiger partial charge in [0.1, 0.15) is 24.3 Å². The molecule has 36 heavy (non-hydrogen) atoms. The van der Waals surface area contributed by atoms with Crippen LogP contribution in [-0.4, -0.2) is 45.1 Å². The molecule has 1 heterocycles. The quantitative estimate of drug-likeness (QED) is 0.260. The summed E-state index contributed by atoms with van der Waals surface area (Å²) < 4.78 is 70.7. The molecule has 0 amide bonds. The van der Waals surface area contributed by atoms with E-state index in [9.17, 15) is 9.18 Å². The van der Waals surface area contributed by atoms with Crippen LogP contribution in [0.1, 0.15) is 49.5 Å². The first-order valence-electron chi connectivity index (χ1n) is 11.9. The third kappa shape index (κ3) is 6.94. The van der Waals surface area contributed by atoms with Gasteiger partial charge in [0, 0.05) is 6.42 Å². The van der Waals surface area contributed by atoms with E-state index in [1.165, 1.54) is 18.2 Å². The lowest BCUT2D eigenvalue weighted by Crippen LogP contribution is -2.46. The predicted octanol–water partition coefficient (Wildman–Crippen LogP) is 6.37. The van der Waals surface area contributed by atoms with Gasteiger partial charge in [0.05, 0.1) is 20.3 Å². The molecule has 0 radical (unpaired) electrons. The molecule has 0 N–H and O–H groups in total. The number of methoxy groups -OCH3 is 1. The van der Waals surface area contributed by atoms with Crippen molar-refractivity contribution in [2.75, 3.05) is 26.9 Å². The summed E-state index contributed by atoms with van der Waals surface area (Å²) in [5.74, 6) is -3.85. The summed E-state index contributed by atoms with van der Waals surface area (Å²) in [5, 5.41) is 0. The van der Waals surface area contributed by atoms with E-state index in [1.54, 1.807) is 32.2 Å². The Bertz CT molecular complexity index is 1040. The van der Waals surface area contributed by atoms with Gasteiger partial charge in [0.15, 0.2) is 11.9 Å². The van der Waals surface area contributed by atoms with Gasteiger partial charge < -0.3 is 23.7 Å². The molecular formula is C27H31F3O6. The molecule has 0 saturated carbocycles. The highest BCUT2D eigenvalue weighted by Gasteiger charge is 2.51. The van der Waals surface area contributed by atoms with E-state index in [-0.39, 0.29) is 19.6 Å². The second-order valence-electron chi connectivity index (χ2n) is 8.27. The second kappa shape index (κ2) is 12.7. The smallest absolute Gasteiger partial charge is 0.497 e. The summed E-state index contributed by atoms with van der Waals surface area (Å²) >= 11 is 0. The lowest BCUT2D eigenvalue weighted by atomic mass is 9.97. The van der Waals surface area contributed by atoms with E-state index < -0.39 is 42.5 Å². The molecule has 9 heteroatoms. The average Bonchev–Trinajstić information content (AvgIpc) is 2.86. The van der Waals surface area contributed by atoms with Crippen LogP contribution in [0.5, 0.6) is 5.75 Å². The van der Waals surface area contributed by atoms with Gasteiger partial charge in [0.25, 0.3) is 0 Å². The van der Waals surface area contributed by atoms with Crippen molar-refractivity contribution < 1.29 is 41.7 Å². The molecule has 0 aliphatic carbocycles. The number of ether oxygens (including phenoxy) is 5. The van der Waals surface area contributed by atoms with Crippen molar-refractivity contribution in [3.8, 4) is 5.75 Å². The number of benzene rings is 2. The highest BCUT2D eigenvalue weighted by atomic mass is 19.3. The Kier molecular flexibility index (Phi) is 9.64. The summed E-state index contributed by atoms with van der Waals surface area (Å²) in [5.41, 5.74) is 1.69. The molecule has 0 aromatic heterocycles. The van der Waals surface area contributed by atoms with Crippen LogP contribution in [0, 0.1) is 5.82 Å². The maximum absolute atomic E-state index is 15.2. The van der Waals surface area contributed by atoms with E-state index in [4.69, 9.17) is 18.9 Å². The molecule has 2 atom stereocenters. The largest absolute Gasteiger partial charge is 0.508 e. The van der Waals surface area contributed by atoms with E-state index in [1.807, 2.05) is 19.1 Å². The molecule has 6 nitrogen and oxygen atoms in total. The third-order valence-corrected chi connectivity index (χ3v) is 5.67. The fourth-order valence-corrected chi connectivity index (χ4v) is 3.67. The molecule has 3 rings (SSSR count). The number of hydrogen-bond donors (Lipinski definition) is 0. The Morgan fingerprint density at radius 3 is 2.50 bits per heavy atom. The van der Waals surface area contributed by atoms with Crippen LogP contribution in [0.15, 0.2) is 54.3 Å². The van der Waals surface area contributed by atoms with Crippen molar-refractivity contribution in [1.29, 1.82) is 0 Å². The highest BCUT2D eigenvalue weighted by molar-refractivity contribution is 5.59. The predicted molar refractivity (Wildman–Crippen MR) is 127 cm³/mol. The molecule has 0 bridgehead atoms. The lowest BCUT2D eigenvalue weighted by molar-refractivity contribution is -0.183. The zero-order valence-electron chi connectivity index (χ0n) is 20.6. The van der Waals surface area contributed by atoms with E-state index >= 15 is 8.78 Å². The van der Waals surface area contributed by atoms with Crippen LogP contribution in [0.2, 0.25) is 0 Å². The maximum atomic E-state index is 15.2. The first-order chi connectivity index (χ1) is 17.3. The molecule has 196 valence electrons. The Balaban J connectivity index is 1.87. The highest BCUT2D eigenvalue weighted by Crippen LogP contribution is 2.41. The summed E-state index contributed by atoms with van der Waals surface area (Å²) in [6.45, 7) is 2.89. The SMILES string of the molecule is CCCCOC1=CC(c2ccc(F)c(Cc3ccc(OC)cc3)c2)OC(COC(=O)OCC)C1(F)F. The van der Waals surface area contributed by atoms with Crippen LogP contribution in [0.25, 0.3) is 0 Å². The van der Waals surface area contributed by atoms with Gasteiger partial charge in [-0.25, -0.2) is 9.18 Å². The summed E-state index contributed by atoms with van der Waals surface area (Å²) in [6.07, 6.45) is -1.02. The standard InChI is InChI=1S/C27H31F3O6/c1-4-6-13-34-24-16-23(36-25(27(24,29)30)17-35-26(31)33-5-2)19-9-12-22(28)20(15-19)14-18-7-10-21(32-3)11-8-18/h7-12,15-16,23,25H,4-6,13-14,17H2,1-3H3. The number of hydrogen-bond acceptors (Lipinski definition) is 6. The summed E-state index contributed by atoms with van der Waals surface area (Å²) in [4.78, 5) is 11.6. The average molecular weight is 509 g/mol. The van der Waals surface area contributed by atoms with Crippen LogP contribution in [-0.2, 0) is 25.4 Å². The van der Waals surface area contributed by atoms with Crippen molar-refractivity contribution >= 4 is 6.16 Å². The fraction of sp³-hybridized carbons (Fsp3) is 0.444. The minimum atomic E-state index is -3.54. The Hall–Kier alpha value is -3.20. The van der Waals surface area contributed by atoms with Gasteiger partial charge in [-0.3, -0.25) is 0 Å². The molecule has 0 spiro atoms. The van der Waals surface area contributed by atoms with Crippen molar-refractivity contribution in [2.24, 2.45) is 0 Å². The van der Waals surface area contributed by atoms with Gasteiger partial charge in [0.2, 0.25) is 0 Å². The molecule has 1 aliphatic heterocycles. The normalized spacial score (nSPS) is 18.8.